The van der Waals surface area contributed by atoms with Gasteiger partial charge in [0.25, 0.3) is 5.91 Å². The van der Waals surface area contributed by atoms with Crippen molar-refractivity contribution in [3.63, 3.8) is 0 Å². The van der Waals surface area contributed by atoms with Crippen LogP contribution in [0.3, 0.4) is 0 Å². The van der Waals surface area contributed by atoms with E-state index in [1.54, 1.807) is 60.7 Å². The molecule has 3 heterocycles. The van der Waals surface area contributed by atoms with Crippen LogP contribution in [-0.2, 0) is 4.79 Å². The summed E-state index contributed by atoms with van der Waals surface area (Å²) in [6, 6.07) is 16.3. The average molecular weight is 563 g/mol. The molecule has 0 fully saturated rings. The van der Waals surface area contributed by atoms with Crippen molar-refractivity contribution in [2.24, 2.45) is 0 Å². The minimum absolute atomic E-state index is 0.252. The number of hydrogen-bond acceptors (Lipinski definition) is 9. The Morgan fingerprint density at radius 2 is 1.82 bits per heavy atom. The third-order valence-corrected chi connectivity index (χ3v) is 6.46. The number of carboxylic acids is 1. The lowest BCUT2D eigenvalue weighted by molar-refractivity contribution is -0.139. The number of pyridine rings is 1. The highest BCUT2D eigenvalue weighted by Gasteiger charge is 2.29. The number of ether oxygens (including phenoxy) is 4. The molecule has 2 N–H and O–H groups in total. The largest absolute Gasteiger partial charge is 0.493 e. The number of nitrogens with one attached hydrogen (secondary N) is 1. The van der Waals surface area contributed by atoms with E-state index < -0.39 is 17.8 Å². The van der Waals surface area contributed by atoms with Crippen LogP contribution in [0, 0.1) is 0 Å². The molecule has 40 heavy (non-hydrogen) atoms. The molecule has 0 saturated carbocycles. The molecule has 11 nitrogen and oxygen atoms in total. The summed E-state index contributed by atoms with van der Waals surface area (Å²) in [5.41, 5.74) is 2.01. The molecule has 1 unspecified atom stereocenters. The van der Waals surface area contributed by atoms with Crippen LogP contribution in [0.25, 0.3) is 11.3 Å². The number of fused-ring (bicyclic) bond motifs is 1. The maximum atomic E-state index is 12.8. The second-order valence-electron chi connectivity index (χ2n) is 8.64. The first-order chi connectivity index (χ1) is 19.4. The fourth-order valence-electron chi connectivity index (χ4n) is 4.14. The van der Waals surface area contributed by atoms with Gasteiger partial charge in [-0.3, -0.25) is 9.59 Å². The second kappa shape index (κ2) is 11.5. The first-order valence-electron chi connectivity index (χ1n) is 12.1. The van der Waals surface area contributed by atoms with Gasteiger partial charge in [0.15, 0.2) is 5.82 Å². The maximum Gasteiger partial charge on any atom is 0.311 e. The van der Waals surface area contributed by atoms with Crippen molar-refractivity contribution in [1.29, 1.82) is 0 Å². The molecular formula is C28H23ClN4O7. The van der Waals surface area contributed by atoms with Gasteiger partial charge in [-0.1, -0.05) is 11.6 Å². The molecule has 204 valence electrons. The first kappa shape index (κ1) is 26.7. The van der Waals surface area contributed by atoms with Crippen molar-refractivity contribution >= 4 is 29.3 Å². The predicted octanol–water partition coefficient (Wildman–Crippen LogP) is 5.20. The number of amides is 1. The van der Waals surface area contributed by atoms with Gasteiger partial charge in [-0.2, -0.15) is 4.98 Å². The fraction of sp³-hybridized carbons (Fsp3) is 0.179. The predicted molar refractivity (Wildman–Crippen MR) is 145 cm³/mol. The maximum absolute atomic E-state index is 12.8. The van der Waals surface area contributed by atoms with E-state index in [4.69, 9.17) is 30.5 Å². The monoisotopic (exact) mass is 562 g/mol. The minimum atomic E-state index is -0.931. The highest BCUT2D eigenvalue weighted by atomic mass is 35.5. The normalized spacial score (nSPS) is 13.9. The van der Waals surface area contributed by atoms with Crippen LogP contribution < -0.4 is 24.3 Å². The van der Waals surface area contributed by atoms with E-state index in [1.807, 2.05) is 0 Å². The number of rotatable bonds is 8. The van der Waals surface area contributed by atoms with Gasteiger partial charge in [-0.25, -0.2) is 0 Å². The summed E-state index contributed by atoms with van der Waals surface area (Å²) < 4.78 is 21.9. The number of methoxy groups -OCH3 is 2. The molecule has 0 saturated heterocycles. The average Bonchev–Trinajstić information content (AvgIpc) is 2.97. The Hall–Kier alpha value is -4.90. The number of hydrogen-bond donors (Lipinski definition) is 2. The molecule has 2 aromatic carbocycles. The summed E-state index contributed by atoms with van der Waals surface area (Å²) in [5, 5.41) is 20.7. The van der Waals surface area contributed by atoms with Crippen LogP contribution in [0.1, 0.15) is 28.3 Å². The van der Waals surface area contributed by atoms with Gasteiger partial charge in [-0.15, -0.1) is 10.2 Å². The lowest BCUT2D eigenvalue weighted by atomic mass is 9.93. The van der Waals surface area contributed by atoms with Gasteiger partial charge < -0.3 is 29.4 Å². The number of nitrogens with zero attached hydrogens (tertiary/aromatic N) is 3. The van der Waals surface area contributed by atoms with Crippen LogP contribution in [0.15, 0.2) is 60.7 Å². The van der Waals surface area contributed by atoms with Gasteiger partial charge in [0.1, 0.15) is 17.2 Å². The first-order valence-corrected chi connectivity index (χ1v) is 12.5. The molecule has 2 aromatic heterocycles. The Bertz CT molecular complexity index is 1560. The molecule has 1 aliphatic heterocycles. The zero-order chi connectivity index (χ0) is 28.2. The molecule has 1 aliphatic rings. The number of carbonyl (C=O) groups excluding carboxylic acids is 1. The third-order valence-electron chi connectivity index (χ3n) is 6.17. The quantitative estimate of drug-likeness (QED) is 0.294. The number of halogens is 1. The molecule has 0 spiro atoms. The summed E-state index contributed by atoms with van der Waals surface area (Å²) in [7, 11) is 3.01. The number of benzene rings is 2. The molecule has 1 amide bonds. The van der Waals surface area contributed by atoms with Crippen molar-refractivity contribution in [2.45, 2.75) is 12.3 Å². The van der Waals surface area contributed by atoms with Gasteiger partial charge in [0.05, 0.1) is 43.0 Å². The van der Waals surface area contributed by atoms with Crippen LogP contribution in [0.2, 0.25) is 5.02 Å². The SMILES string of the molecule is COc1ccc(-c2ccc(NC(=O)c3ccc(Oc4cc5c(cc4Cl)C(C(=O)O)CCO5)cc3)nn2)c(OC)n1. The van der Waals surface area contributed by atoms with Gasteiger partial charge in [-0.05, 0) is 55.0 Å². The van der Waals surface area contributed by atoms with E-state index in [0.29, 0.717) is 57.8 Å². The summed E-state index contributed by atoms with van der Waals surface area (Å²) in [4.78, 5) is 28.5. The Labute approximate surface area is 233 Å². The number of carbonyl (C=O) groups is 2. The lowest BCUT2D eigenvalue weighted by Crippen LogP contribution is -2.20. The highest BCUT2D eigenvalue weighted by Crippen LogP contribution is 2.42. The molecule has 0 radical (unpaired) electrons. The van der Waals surface area contributed by atoms with Crippen LogP contribution in [-0.4, -0.2) is 53.0 Å². The summed E-state index contributed by atoms with van der Waals surface area (Å²) in [5.74, 6) is 0.146. The van der Waals surface area contributed by atoms with E-state index in [2.05, 4.69) is 20.5 Å². The Kier molecular flexibility index (Phi) is 7.65. The molecular weight excluding hydrogens is 540 g/mol. The smallest absolute Gasteiger partial charge is 0.311 e. The minimum Gasteiger partial charge on any atom is -0.493 e. The van der Waals surface area contributed by atoms with Crippen LogP contribution >= 0.6 is 11.6 Å². The molecule has 4 aromatic rings. The standard InChI is InChI=1S/C28H23ClN4O7/c1-37-25-10-7-18(27(31-25)38-2)21-8-9-24(33-32-21)30-26(34)15-3-5-16(6-4-15)40-23-14-22-19(13-20(23)29)17(28(35)36)11-12-39-22/h3-10,13-14,17H,11-12H2,1-2H3,(H,35,36)(H,30,33,34). The topological polar surface area (TPSA) is 142 Å². The zero-order valence-electron chi connectivity index (χ0n) is 21.4. The second-order valence-corrected chi connectivity index (χ2v) is 9.05. The molecule has 12 heteroatoms. The van der Waals surface area contributed by atoms with Crippen LogP contribution in [0.5, 0.6) is 29.0 Å². The van der Waals surface area contributed by atoms with E-state index in [1.165, 1.54) is 14.2 Å². The Balaban J connectivity index is 1.25. The Morgan fingerprint density at radius 1 is 1.02 bits per heavy atom. The van der Waals surface area contributed by atoms with E-state index in [0.717, 1.165) is 0 Å². The zero-order valence-corrected chi connectivity index (χ0v) is 22.1. The summed E-state index contributed by atoms with van der Waals surface area (Å²) in [6.07, 6.45) is 0.368. The highest BCUT2D eigenvalue weighted by molar-refractivity contribution is 6.32. The third kappa shape index (κ3) is 5.59. The number of anilines is 1. The van der Waals surface area contributed by atoms with Gasteiger partial charge in [0, 0.05) is 23.3 Å². The van der Waals surface area contributed by atoms with E-state index in [9.17, 15) is 14.7 Å². The van der Waals surface area contributed by atoms with Crippen molar-refractivity contribution in [3.05, 3.63) is 76.8 Å². The van der Waals surface area contributed by atoms with Gasteiger partial charge in [0.2, 0.25) is 11.8 Å². The number of carboxylic acid groups (broad SMARTS) is 1. The molecule has 1 atom stereocenters. The van der Waals surface area contributed by atoms with E-state index >= 15 is 0 Å². The fourth-order valence-corrected chi connectivity index (χ4v) is 4.36. The Morgan fingerprint density at radius 3 is 2.50 bits per heavy atom. The van der Waals surface area contributed by atoms with Gasteiger partial charge >= 0.3 is 5.97 Å². The van der Waals surface area contributed by atoms with Crippen molar-refractivity contribution in [3.8, 4) is 40.3 Å². The van der Waals surface area contributed by atoms with Crippen molar-refractivity contribution in [1.82, 2.24) is 15.2 Å². The number of aromatic nitrogens is 3. The van der Waals surface area contributed by atoms with Crippen LogP contribution in [0.4, 0.5) is 5.82 Å². The van der Waals surface area contributed by atoms with Crippen molar-refractivity contribution in [2.75, 3.05) is 26.1 Å². The lowest BCUT2D eigenvalue weighted by Gasteiger charge is -2.24. The molecule has 0 bridgehead atoms. The van der Waals surface area contributed by atoms with E-state index in [-0.39, 0.29) is 17.4 Å². The molecule has 5 rings (SSSR count). The summed E-state index contributed by atoms with van der Waals surface area (Å²) in [6.45, 7) is 0.287. The van der Waals surface area contributed by atoms with Crippen molar-refractivity contribution < 1.29 is 33.6 Å². The molecule has 0 aliphatic carbocycles. The number of aliphatic carboxylic acids is 1. The summed E-state index contributed by atoms with van der Waals surface area (Å²) >= 11 is 6.37.